The third-order valence-corrected chi connectivity index (χ3v) is 3.60. The number of imidazole rings is 1. The molecular formula is C13H16N2O2. The summed E-state index contributed by atoms with van der Waals surface area (Å²) < 4.78 is 5.38. The van der Waals surface area contributed by atoms with Gasteiger partial charge in [0.05, 0.1) is 30.6 Å². The van der Waals surface area contributed by atoms with E-state index in [1.54, 1.807) is 6.33 Å². The Bertz CT molecular complexity index is 517. The minimum atomic E-state index is 0.0992. The molecular weight excluding hydrogens is 216 g/mol. The van der Waals surface area contributed by atoms with Crippen molar-refractivity contribution in [3.63, 3.8) is 0 Å². The number of rotatable bonds is 4. The molecule has 2 N–H and O–H groups in total. The molecule has 1 aliphatic heterocycles. The van der Waals surface area contributed by atoms with Crippen LogP contribution in [-0.4, -0.2) is 34.9 Å². The van der Waals surface area contributed by atoms with Crippen molar-refractivity contribution in [2.24, 2.45) is 0 Å². The number of H-pyrrole nitrogens is 1. The number of nitrogens with one attached hydrogen (secondary N) is 1. The summed E-state index contributed by atoms with van der Waals surface area (Å²) in [5.74, 6) is 0. The van der Waals surface area contributed by atoms with Gasteiger partial charge >= 0.3 is 0 Å². The summed E-state index contributed by atoms with van der Waals surface area (Å²) >= 11 is 0. The molecule has 0 amide bonds. The lowest BCUT2D eigenvalue weighted by Crippen LogP contribution is -2.46. The van der Waals surface area contributed by atoms with Crippen LogP contribution in [0, 0.1) is 0 Å². The topological polar surface area (TPSA) is 58.1 Å². The van der Waals surface area contributed by atoms with Crippen molar-refractivity contribution in [3.05, 3.63) is 30.1 Å². The number of fused-ring (bicyclic) bond motifs is 1. The highest BCUT2D eigenvalue weighted by molar-refractivity contribution is 5.75. The molecule has 17 heavy (non-hydrogen) atoms. The van der Waals surface area contributed by atoms with Gasteiger partial charge in [0, 0.05) is 12.0 Å². The molecule has 4 heteroatoms. The van der Waals surface area contributed by atoms with Crippen LogP contribution in [0.25, 0.3) is 11.0 Å². The van der Waals surface area contributed by atoms with E-state index in [4.69, 9.17) is 9.84 Å². The fraction of sp³-hybridized carbons (Fsp3) is 0.462. The number of aromatic nitrogens is 2. The van der Waals surface area contributed by atoms with E-state index < -0.39 is 0 Å². The molecule has 0 saturated carbocycles. The monoisotopic (exact) mass is 232 g/mol. The highest BCUT2D eigenvalue weighted by Crippen LogP contribution is 2.37. The standard InChI is InChI=1S/C13H16N2O2/c16-5-1-4-13(7-17-8-13)10-2-3-11-12(6-10)15-9-14-11/h2-3,6,9,16H,1,4-5,7-8H2,(H,14,15). The minimum Gasteiger partial charge on any atom is -0.396 e. The summed E-state index contributed by atoms with van der Waals surface area (Å²) in [5, 5.41) is 8.98. The molecule has 0 aliphatic carbocycles. The van der Waals surface area contributed by atoms with Gasteiger partial charge in [-0.3, -0.25) is 0 Å². The Morgan fingerprint density at radius 2 is 2.29 bits per heavy atom. The van der Waals surface area contributed by atoms with E-state index >= 15 is 0 Å². The second-order valence-electron chi connectivity index (χ2n) is 4.73. The zero-order valence-electron chi connectivity index (χ0n) is 9.65. The molecule has 2 aromatic rings. The predicted octanol–water partition coefficient (Wildman–Crippen LogP) is 1.60. The molecule has 4 nitrogen and oxygen atoms in total. The van der Waals surface area contributed by atoms with Gasteiger partial charge in [0.2, 0.25) is 0 Å². The molecule has 1 fully saturated rings. The SMILES string of the molecule is OCCCC1(c2ccc3nc[nH]c3c2)COC1. The highest BCUT2D eigenvalue weighted by Gasteiger charge is 2.39. The molecule has 1 aliphatic rings. The van der Waals surface area contributed by atoms with E-state index in [9.17, 15) is 0 Å². The number of ether oxygens (including phenoxy) is 1. The normalized spacial score (nSPS) is 18.2. The molecule has 90 valence electrons. The van der Waals surface area contributed by atoms with Gasteiger partial charge in [0.1, 0.15) is 0 Å². The predicted molar refractivity (Wildman–Crippen MR) is 64.9 cm³/mol. The molecule has 0 radical (unpaired) electrons. The Balaban J connectivity index is 1.94. The first-order chi connectivity index (χ1) is 8.34. The van der Waals surface area contributed by atoms with Gasteiger partial charge in [0.25, 0.3) is 0 Å². The van der Waals surface area contributed by atoms with Gasteiger partial charge in [-0.05, 0) is 30.5 Å². The van der Waals surface area contributed by atoms with Crippen LogP contribution in [-0.2, 0) is 10.2 Å². The van der Waals surface area contributed by atoms with E-state index in [0.717, 1.165) is 37.1 Å². The molecule has 3 rings (SSSR count). The number of nitrogens with zero attached hydrogens (tertiary/aromatic N) is 1. The van der Waals surface area contributed by atoms with E-state index in [-0.39, 0.29) is 12.0 Å². The molecule has 0 unspecified atom stereocenters. The number of aliphatic hydroxyl groups excluding tert-OH is 1. The molecule has 1 aromatic heterocycles. The fourth-order valence-electron chi connectivity index (χ4n) is 2.49. The number of hydrogen-bond acceptors (Lipinski definition) is 3. The Labute approximate surface area is 99.6 Å². The maximum Gasteiger partial charge on any atom is 0.0931 e. The summed E-state index contributed by atoms with van der Waals surface area (Å²) in [6.07, 6.45) is 3.51. The maximum absolute atomic E-state index is 8.98. The van der Waals surface area contributed by atoms with Crippen LogP contribution in [0.2, 0.25) is 0 Å². The Morgan fingerprint density at radius 1 is 1.41 bits per heavy atom. The lowest BCUT2D eigenvalue weighted by molar-refractivity contribution is -0.0664. The zero-order valence-corrected chi connectivity index (χ0v) is 9.65. The van der Waals surface area contributed by atoms with Crippen molar-refractivity contribution in [1.29, 1.82) is 0 Å². The number of hydrogen-bond donors (Lipinski definition) is 2. The van der Waals surface area contributed by atoms with Crippen LogP contribution in [0.4, 0.5) is 0 Å². The van der Waals surface area contributed by atoms with Crippen molar-refractivity contribution < 1.29 is 9.84 Å². The van der Waals surface area contributed by atoms with Crippen molar-refractivity contribution in [2.75, 3.05) is 19.8 Å². The van der Waals surface area contributed by atoms with Crippen LogP contribution < -0.4 is 0 Å². The molecule has 0 atom stereocenters. The average Bonchev–Trinajstić information content (AvgIpc) is 2.75. The van der Waals surface area contributed by atoms with Gasteiger partial charge in [-0.25, -0.2) is 4.98 Å². The molecule has 1 saturated heterocycles. The van der Waals surface area contributed by atoms with Gasteiger partial charge in [-0.2, -0.15) is 0 Å². The lowest BCUT2D eigenvalue weighted by atomic mass is 9.75. The first kappa shape index (κ1) is 10.7. The van der Waals surface area contributed by atoms with E-state index in [0.29, 0.717) is 0 Å². The van der Waals surface area contributed by atoms with Gasteiger partial charge in [-0.15, -0.1) is 0 Å². The summed E-state index contributed by atoms with van der Waals surface area (Å²) in [4.78, 5) is 7.36. The summed E-state index contributed by atoms with van der Waals surface area (Å²) in [5.41, 5.74) is 3.44. The third-order valence-electron chi connectivity index (χ3n) is 3.60. The van der Waals surface area contributed by atoms with Crippen molar-refractivity contribution in [1.82, 2.24) is 9.97 Å². The maximum atomic E-state index is 8.98. The zero-order chi connectivity index (χ0) is 11.7. The molecule has 0 bridgehead atoms. The number of aromatic amines is 1. The van der Waals surface area contributed by atoms with Gasteiger partial charge in [0.15, 0.2) is 0 Å². The second kappa shape index (κ2) is 4.13. The quantitative estimate of drug-likeness (QED) is 0.841. The van der Waals surface area contributed by atoms with E-state index in [2.05, 4.69) is 22.1 Å². The van der Waals surface area contributed by atoms with Crippen LogP contribution in [0.5, 0.6) is 0 Å². The number of aliphatic hydroxyl groups is 1. The Morgan fingerprint density at radius 3 is 3.00 bits per heavy atom. The van der Waals surface area contributed by atoms with Crippen LogP contribution >= 0.6 is 0 Å². The van der Waals surface area contributed by atoms with Crippen molar-refractivity contribution in [3.8, 4) is 0 Å². The first-order valence-corrected chi connectivity index (χ1v) is 5.96. The summed E-state index contributed by atoms with van der Waals surface area (Å²) in [6, 6.07) is 6.32. The highest BCUT2D eigenvalue weighted by atomic mass is 16.5. The molecule has 0 spiro atoms. The molecule has 1 aromatic carbocycles. The van der Waals surface area contributed by atoms with Gasteiger partial charge in [-0.1, -0.05) is 6.07 Å². The van der Waals surface area contributed by atoms with Gasteiger partial charge < -0.3 is 14.8 Å². The largest absolute Gasteiger partial charge is 0.396 e. The minimum absolute atomic E-state index is 0.0992. The van der Waals surface area contributed by atoms with Crippen molar-refractivity contribution in [2.45, 2.75) is 18.3 Å². The average molecular weight is 232 g/mol. The van der Waals surface area contributed by atoms with Crippen LogP contribution in [0.3, 0.4) is 0 Å². The van der Waals surface area contributed by atoms with Crippen LogP contribution in [0.15, 0.2) is 24.5 Å². The lowest BCUT2D eigenvalue weighted by Gasteiger charge is -2.42. The first-order valence-electron chi connectivity index (χ1n) is 5.96. The summed E-state index contributed by atoms with van der Waals surface area (Å²) in [7, 11) is 0. The van der Waals surface area contributed by atoms with E-state index in [1.165, 1.54) is 5.56 Å². The summed E-state index contributed by atoms with van der Waals surface area (Å²) in [6.45, 7) is 1.76. The molecule has 2 heterocycles. The Kier molecular flexibility index (Phi) is 2.61. The third kappa shape index (κ3) is 1.73. The van der Waals surface area contributed by atoms with Crippen LogP contribution in [0.1, 0.15) is 18.4 Å². The van der Waals surface area contributed by atoms with Crippen molar-refractivity contribution >= 4 is 11.0 Å². The second-order valence-corrected chi connectivity index (χ2v) is 4.73. The number of benzene rings is 1. The smallest absolute Gasteiger partial charge is 0.0931 e. The Hall–Kier alpha value is -1.39. The van der Waals surface area contributed by atoms with E-state index in [1.807, 2.05) is 6.07 Å². The fourth-order valence-corrected chi connectivity index (χ4v) is 2.49.